The third-order valence-electron chi connectivity index (χ3n) is 5.55. The van der Waals surface area contributed by atoms with Gasteiger partial charge in [-0.15, -0.1) is 0 Å². The molecule has 32 heavy (non-hydrogen) atoms. The van der Waals surface area contributed by atoms with Gasteiger partial charge in [0.15, 0.2) is 18.2 Å². The van der Waals surface area contributed by atoms with E-state index in [-0.39, 0.29) is 35.6 Å². The number of hydrogen-bond acceptors (Lipinski definition) is 6. The first kappa shape index (κ1) is 22.5. The number of nitrogens with zero attached hydrogens (tertiary/aromatic N) is 5. The molecular weight excluding hydrogens is 442 g/mol. The predicted molar refractivity (Wildman–Crippen MR) is 120 cm³/mol. The molecular formula is C21H25ClF2N6O2. The molecule has 1 saturated heterocycles. The number of rotatable bonds is 6. The minimum absolute atomic E-state index is 0.119. The molecule has 1 aliphatic heterocycles. The van der Waals surface area contributed by atoms with Crippen molar-refractivity contribution in [1.29, 1.82) is 0 Å². The highest BCUT2D eigenvalue weighted by atomic mass is 35.5. The number of nitrogens with one attached hydrogen (secondary N) is 1. The average Bonchev–Trinajstić information content (AvgIpc) is 3.18. The molecule has 1 aromatic carbocycles. The Balaban J connectivity index is 1.65. The summed E-state index contributed by atoms with van der Waals surface area (Å²) in [4.78, 5) is 22.6. The number of halogens is 3. The summed E-state index contributed by atoms with van der Waals surface area (Å²) in [5.74, 6) is 0.470. The van der Waals surface area contributed by atoms with Crippen molar-refractivity contribution in [1.82, 2.24) is 19.1 Å². The van der Waals surface area contributed by atoms with Crippen molar-refractivity contribution < 1.29 is 13.9 Å². The lowest BCUT2D eigenvalue weighted by atomic mass is 10.1. The van der Waals surface area contributed by atoms with Crippen LogP contribution < -0.4 is 15.9 Å². The molecule has 0 saturated carbocycles. The summed E-state index contributed by atoms with van der Waals surface area (Å²) in [6.45, 7) is 3.51. The summed E-state index contributed by atoms with van der Waals surface area (Å²) in [5, 5.41) is 13.4. The first-order chi connectivity index (χ1) is 15.0. The molecule has 0 amide bonds. The van der Waals surface area contributed by atoms with Crippen LogP contribution in [0.1, 0.15) is 20.3 Å². The summed E-state index contributed by atoms with van der Waals surface area (Å²) in [7, 11) is 1.69. The van der Waals surface area contributed by atoms with Gasteiger partial charge in [0.2, 0.25) is 5.95 Å². The van der Waals surface area contributed by atoms with Crippen LogP contribution in [0.25, 0.3) is 11.0 Å². The third-order valence-corrected chi connectivity index (χ3v) is 5.83. The number of fused-ring (bicyclic) bond motifs is 1. The monoisotopic (exact) mass is 466 g/mol. The van der Waals surface area contributed by atoms with Gasteiger partial charge in [-0.1, -0.05) is 11.6 Å². The maximum Gasteiger partial charge on any atom is 0.328 e. The fourth-order valence-electron chi connectivity index (χ4n) is 3.71. The van der Waals surface area contributed by atoms with Crippen LogP contribution in [0, 0.1) is 0 Å². The maximum absolute atomic E-state index is 13.6. The van der Waals surface area contributed by atoms with Gasteiger partial charge in [-0.3, -0.25) is 9.13 Å². The standard InChI is InChI=1S/C21H25ClF2N6O2/c1-21(2,32)6-7-30-17-8-12(4-5-16(17)28(3)20(30)31)26-18-13(22)9-25-19(27-18)29-10-14(23)15(24)11-29/h4-5,8-9,14-15,32H,6-7,10-11H2,1-3H3,(H,25,26,27)/t14-,15+. The van der Waals surface area contributed by atoms with Crippen LogP contribution in [0.2, 0.25) is 5.02 Å². The number of anilines is 3. The molecule has 8 nitrogen and oxygen atoms in total. The number of aryl methyl sites for hydroxylation is 2. The van der Waals surface area contributed by atoms with E-state index in [9.17, 15) is 18.7 Å². The summed E-state index contributed by atoms with van der Waals surface area (Å²) < 4.78 is 30.3. The van der Waals surface area contributed by atoms with E-state index < -0.39 is 17.9 Å². The minimum atomic E-state index is -1.58. The Morgan fingerprint density at radius 1 is 1.25 bits per heavy atom. The molecule has 0 bridgehead atoms. The fraction of sp³-hybridized carbons (Fsp3) is 0.476. The Labute approximate surface area is 188 Å². The van der Waals surface area contributed by atoms with Crippen LogP contribution in [0.15, 0.2) is 29.2 Å². The highest BCUT2D eigenvalue weighted by molar-refractivity contribution is 6.32. The summed E-state index contributed by atoms with van der Waals surface area (Å²) in [5.41, 5.74) is 0.969. The summed E-state index contributed by atoms with van der Waals surface area (Å²) in [6, 6.07) is 5.38. The molecule has 2 N–H and O–H groups in total. The molecule has 2 aromatic heterocycles. The Morgan fingerprint density at radius 2 is 1.94 bits per heavy atom. The molecule has 0 spiro atoms. The number of hydrogen-bond donors (Lipinski definition) is 2. The second-order valence-electron chi connectivity index (χ2n) is 8.69. The Hall–Kier alpha value is -2.72. The number of aromatic nitrogens is 4. The van der Waals surface area contributed by atoms with E-state index >= 15 is 0 Å². The van der Waals surface area contributed by atoms with Gasteiger partial charge >= 0.3 is 5.69 Å². The summed E-state index contributed by atoms with van der Waals surface area (Å²) in [6.07, 6.45) is -1.37. The zero-order valence-electron chi connectivity index (χ0n) is 18.0. The van der Waals surface area contributed by atoms with E-state index in [0.29, 0.717) is 24.2 Å². The van der Waals surface area contributed by atoms with Crippen LogP contribution in [-0.2, 0) is 13.6 Å². The zero-order valence-corrected chi connectivity index (χ0v) is 18.8. The van der Waals surface area contributed by atoms with Crippen molar-refractivity contribution in [2.75, 3.05) is 23.3 Å². The molecule has 1 aliphatic rings. The molecule has 172 valence electrons. The third kappa shape index (κ3) is 4.42. The van der Waals surface area contributed by atoms with Gasteiger partial charge in [-0.25, -0.2) is 18.6 Å². The van der Waals surface area contributed by atoms with E-state index in [1.165, 1.54) is 11.1 Å². The van der Waals surface area contributed by atoms with Crippen molar-refractivity contribution in [3.8, 4) is 0 Å². The molecule has 3 heterocycles. The SMILES string of the molecule is Cn1c(=O)n(CCC(C)(C)O)c2cc(Nc3nc(N4C[C@@H](F)[C@@H](F)C4)ncc3Cl)ccc21. The van der Waals surface area contributed by atoms with Gasteiger partial charge in [0.25, 0.3) is 0 Å². The lowest BCUT2D eigenvalue weighted by molar-refractivity contribution is 0.0662. The van der Waals surface area contributed by atoms with Crippen molar-refractivity contribution in [2.24, 2.45) is 7.05 Å². The van der Waals surface area contributed by atoms with E-state index in [2.05, 4.69) is 15.3 Å². The van der Waals surface area contributed by atoms with Crippen LogP contribution in [0.4, 0.5) is 26.2 Å². The Kier molecular flexibility index (Phi) is 5.85. The molecule has 3 aromatic rings. The lowest BCUT2D eigenvalue weighted by Crippen LogP contribution is -2.27. The Morgan fingerprint density at radius 3 is 2.59 bits per heavy atom. The largest absolute Gasteiger partial charge is 0.390 e. The van der Waals surface area contributed by atoms with E-state index in [1.54, 1.807) is 48.2 Å². The fourth-order valence-corrected chi connectivity index (χ4v) is 3.85. The molecule has 11 heteroatoms. The van der Waals surface area contributed by atoms with Crippen molar-refractivity contribution >= 4 is 40.1 Å². The lowest BCUT2D eigenvalue weighted by Gasteiger charge is -2.17. The van der Waals surface area contributed by atoms with Crippen molar-refractivity contribution in [2.45, 2.75) is 44.8 Å². The van der Waals surface area contributed by atoms with Crippen LogP contribution in [0.5, 0.6) is 0 Å². The van der Waals surface area contributed by atoms with Crippen LogP contribution in [0.3, 0.4) is 0 Å². The number of aliphatic hydroxyl groups is 1. The van der Waals surface area contributed by atoms with Gasteiger partial charge in [0, 0.05) is 19.3 Å². The highest BCUT2D eigenvalue weighted by Gasteiger charge is 2.34. The van der Waals surface area contributed by atoms with Crippen molar-refractivity contribution in [3.05, 3.63) is 39.9 Å². The Bertz CT molecular complexity index is 1200. The quantitative estimate of drug-likeness (QED) is 0.580. The number of imidazole rings is 1. The smallest absolute Gasteiger partial charge is 0.328 e. The van der Waals surface area contributed by atoms with E-state index in [4.69, 9.17) is 11.6 Å². The zero-order chi connectivity index (χ0) is 23.2. The van der Waals surface area contributed by atoms with Gasteiger partial charge < -0.3 is 15.3 Å². The topological polar surface area (TPSA) is 88.2 Å². The van der Waals surface area contributed by atoms with Crippen LogP contribution >= 0.6 is 11.6 Å². The number of benzene rings is 1. The van der Waals surface area contributed by atoms with Gasteiger partial charge in [-0.05, 0) is 38.5 Å². The number of alkyl halides is 2. The van der Waals surface area contributed by atoms with Gasteiger partial charge in [0.05, 0.1) is 35.9 Å². The predicted octanol–water partition coefficient (Wildman–Crippen LogP) is 3.18. The summed E-state index contributed by atoms with van der Waals surface area (Å²) >= 11 is 6.25. The van der Waals surface area contributed by atoms with Crippen LogP contribution in [-0.4, -0.2) is 55.2 Å². The molecule has 0 aliphatic carbocycles. The first-order valence-electron chi connectivity index (χ1n) is 10.3. The average molecular weight is 467 g/mol. The second kappa shape index (κ2) is 8.32. The molecule has 1 fully saturated rings. The highest BCUT2D eigenvalue weighted by Crippen LogP contribution is 2.29. The molecule has 2 atom stereocenters. The van der Waals surface area contributed by atoms with E-state index in [0.717, 1.165) is 5.52 Å². The van der Waals surface area contributed by atoms with Gasteiger partial charge in [-0.2, -0.15) is 4.98 Å². The van der Waals surface area contributed by atoms with Crippen molar-refractivity contribution in [3.63, 3.8) is 0 Å². The molecule has 0 radical (unpaired) electrons. The normalized spacial score (nSPS) is 19.2. The van der Waals surface area contributed by atoms with Gasteiger partial charge in [0.1, 0.15) is 5.02 Å². The molecule has 0 unspecified atom stereocenters. The maximum atomic E-state index is 13.6. The molecule has 4 rings (SSSR count). The van der Waals surface area contributed by atoms with E-state index in [1.807, 2.05) is 0 Å². The minimum Gasteiger partial charge on any atom is -0.390 e. The first-order valence-corrected chi connectivity index (χ1v) is 10.7. The second-order valence-corrected chi connectivity index (χ2v) is 9.09.